The largest absolute Gasteiger partial charge is 0.416 e. The first-order valence-corrected chi connectivity index (χ1v) is 11.8. The van der Waals surface area contributed by atoms with E-state index in [1.54, 1.807) is 54.6 Å². The van der Waals surface area contributed by atoms with Crippen LogP contribution in [0.15, 0.2) is 78.9 Å². The van der Waals surface area contributed by atoms with Crippen molar-refractivity contribution in [2.45, 2.75) is 18.6 Å². The lowest BCUT2D eigenvalue weighted by molar-refractivity contribution is -0.137. The Morgan fingerprint density at radius 3 is 2.42 bits per heavy atom. The molecule has 4 aromatic rings. The Balaban J connectivity index is 1.54. The summed E-state index contributed by atoms with van der Waals surface area (Å²) in [6.07, 6.45) is -4.49. The number of carbonyl (C=O) groups excluding carboxylic acids is 2. The van der Waals surface area contributed by atoms with Crippen molar-refractivity contribution in [1.82, 2.24) is 15.5 Å². The number of carbonyl (C=O) groups is 2. The molecule has 184 valence electrons. The minimum atomic E-state index is -4.60. The predicted molar refractivity (Wildman–Crippen MR) is 132 cm³/mol. The molecule has 0 bridgehead atoms. The number of nitrogens with zero attached hydrogens (tertiary/aromatic N) is 2. The van der Waals surface area contributed by atoms with E-state index in [0.717, 1.165) is 40.7 Å². The van der Waals surface area contributed by atoms with Crippen molar-refractivity contribution in [3.05, 3.63) is 101 Å². The second kappa shape index (κ2) is 10.9. The maximum absolute atomic E-state index is 13.1. The quantitative estimate of drug-likeness (QED) is 0.313. The van der Waals surface area contributed by atoms with E-state index in [1.165, 1.54) is 6.07 Å². The number of hydrogen-bond acceptors (Lipinski definition) is 5. The number of hydrogen-bond donors (Lipinski definition) is 2. The van der Waals surface area contributed by atoms with Gasteiger partial charge in [-0.05, 0) is 35.9 Å². The molecule has 3 aromatic carbocycles. The second-order valence-corrected chi connectivity index (χ2v) is 9.12. The normalized spacial score (nSPS) is 12.1. The molecule has 6 nitrogen and oxygen atoms in total. The van der Waals surface area contributed by atoms with Crippen molar-refractivity contribution in [1.29, 1.82) is 0 Å². The number of halogens is 4. The van der Waals surface area contributed by atoms with E-state index in [9.17, 15) is 22.8 Å². The summed E-state index contributed by atoms with van der Waals surface area (Å²) < 4.78 is 39.3. The number of benzene rings is 3. The van der Waals surface area contributed by atoms with Crippen LogP contribution in [0, 0.1) is 0 Å². The highest BCUT2D eigenvalue weighted by Gasteiger charge is 2.31. The van der Waals surface area contributed by atoms with Gasteiger partial charge < -0.3 is 5.32 Å². The minimum absolute atomic E-state index is 0.108. The lowest BCUT2D eigenvalue weighted by atomic mass is 10.0. The summed E-state index contributed by atoms with van der Waals surface area (Å²) in [6, 6.07) is 18.8. The SMILES string of the molecule is O=C(NC(Cc1ccccc1)C(=O)Nc1nnc(-c2cccc(Cl)c2)s1)c1cccc(C(F)(F)F)c1. The summed E-state index contributed by atoms with van der Waals surface area (Å²) in [6.45, 7) is 0. The van der Waals surface area contributed by atoms with Crippen molar-refractivity contribution in [3.8, 4) is 10.6 Å². The van der Waals surface area contributed by atoms with Gasteiger partial charge in [0.1, 0.15) is 11.0 Å². The number of amides is 2. The topological polar surface area (TPSA) is 84.0 Å². The average molecular weight is 531 g/mol. The molecule has 2 amide bonds. The van der Waals surface area contributed by atoms with Crippen molar-refractivity contribution >= 4 is 39.9 Å². The molecule has 1 aromatic heterocycles. The van der Waals surface area contributed by atoms with Crippen LogP contribution in [0.3, 0.4) is 0 Å². The van der Waals surface area contributed by atoms with Gasteiger partial charge >= 0.3 is 6.18 Å². The average Bonchev–Trinajstić information content (AvgIpc) is 3.32. The zero-order valence-corrected chi connectivity index (χ0v) is 20.0. The summed E-state index contributed by atoms with van der Waals surface area (Å²) in [4.78, 5) is 25.9. The molecule has 0 spiro atoms. The standard InChI is InChI=1S/C25H18ClF3N4O2S/c26-19-11-5-9-17(14-19)23-32-33-24(36-23)31-22(35)20(12-15-6-2-1-3-7-15)30-21(34)16-8-4-10-18(13-16)25(27,28)29/h1-11,13-14,20H,12H2,(H,30,34)(H,31,33,35). The molecule has 1 atom stereocenters. The number of alkyl halides is 3. The molecule has 0 fully saturated rings. The number of nitrogens with one attached hydrogen (secondary N) is 2. The fourth-order valence-electron chi connectivity index (χ4n) is 3.34. The van der Waals surface area contributed by atoms with Crippen molar-refractivity contribution in [3.63, 3.8) is 0 Å². The molecule has 0 saturated heterocycles. The Hall–Kier alpha value is -3.76. The van der Waals surface area contributed by atoms with Gasteiger partial charge in [-0.2, -0.15) is 13.2 Å². The van der Waals surface area contributed by atoms with Crippen LogP contribution in [-0.2, 0) is 17.4 Å². The lowest BCUT2D eigenvalue weighted by Gasteiger charge is -2.18. The second-order valence-electron chi connectivity index (χ2n) is 7.71. The molecular formula is C25H18ClF3N4O2S. The lowest BCUT2D eigenvalue weighted by Crippen LogP contribution is -2.45. The molecule has 0 aliphatic heterocycles. The summed E-state index contributed by atoms with van der Waals surface area (Å²) in [5, 5.41) is 14.5. The van der Waals surface area contributed by atoms with Gasteiger partial charge in [-0.25, -0.2) is 0 Å². The van der Waals surface area contributed by atoms with E-state index in [0.29, 0.717) is 10.0 Å². The van der Waals surface area contributed by atoms with Crippen LogP contribution in [0.1, 0.15) is 21.5 Å². The molecule has 2 N–H and O–H groups in total. The van der Waals surface area contributed by atoms with Crippen molar-refractivity contribution in [2.24, 2.45) is 0 Å². The van der Waals surface area contributed by atoms with Gasteiger partial charge in [0.05, 0.1) is 5.56 Å². The molecule has 11 heteroatoms. The monoisotopic (exact) mass is 530 g/mol. The van der Waals surface area contributed by atoms with Gasteiger partial charge in [-0.3, -0.25) is 14.9 Å². The Kier molecular flexibility index (Phi) is 7.66. The third kappa shape index (κ3) is 6.46. The first kappa shape index (κ1) is 25.3. The van der Waals surface area contributed by atoms with E-state index >= 15 is 0 Å². The van der Waals surface area contributed by atoms with E-state index < -0.39 is 29.6 Å². The highest BCUT2D eigenvalue weighted by atomic mass is 35.5. The van der Waals surface area contributed by atoms with E-state index in [1.807, 2.05) is 0 Å². The van der Waals surface area contributed by atoms with Crippen LogP contribution in [0.25, 0.3) is 10.6 Å². The summed E-state index contributed by atoms with van der Waals surface area (Å²) >= 11 is 7.14. The van der Waals surface area contributed by atoms with Gasteiger partial charge in [0.2, 0.25) is 11.0 Å². The first-order chi connectivity index (χ1) is 17.2. The third-order valence-electron chi connectivity index (χ3n) is 5.08. The zero-order chi connectivity index (χ0) is 25.7. The fraction of sp³-hybridized carbons (Fsp3) is 0.120. The van der Waals surface area contributed by atoms with Gasteiger partial charge in [-0.15, -0.1) is 10.2 Å². The molecule has 0 aliphatic rings. The molecular weight excluding hydrogens is 513 g/mol. The minimum Gasteiger partial charge on any atom is -0.340 e. The maximum atomic E-state index is 13.1. The number of anilines is 1. The van der Waals surface area contributed by atoms with Gasteiger partial charge in [0, 0.05) is 22.6 Å². The van der Waals surface area contributed by atoms with Gasteiger partial charge in [-0.1, -0.05) is 71.5 Å². The van der Waals surface area contributed by atoms with Crippen LogP contribution in [0.4, 0.5) is 18.3 Å². The summed E-state index contributed by atoms with van der Waals surface area (Å²) in [5.74, 6) is -1.40. The number of aromatic nitrogens is 2. The molecule has 0 saturated carbocycles. The highest BCUT2D eigenvalue weighted by Crippen LogP contribution is 2.30. The van der Waals surface area contributed by atoms with E-state index in [4.69, 9.17) is 11.6 Å². The van der Waals surface area contributed by atoms with Crippen LogP contribution >= 0.6 is 22.9 Å². The van der Waals surface area contributed by atoms with Crippen LogP contribution < -0.4 is 10.6 Å². The smallest absolute Gasteiger partial charge is 0.340 e. The predicted octanol–water partition coefficient (Wildman–Crippen LogP) is 5.86. The van der Waals surface area contributed by atoms with E-state index in [2.05, 4.69) is 20.8 Å². The van der Waals surface area contributed by atoms with Gasteiger partial charge in [0.15, 0.2) is 0 Å². The maximum Gasteiger partial charge on any atom is 0.416 e. The first-order valence-electron chi connectivity index (χ1n) is 10.6. The number of rotatable bonds is 7. The Morgan fingerprint density at radius 1 is 0.944 bits per heavy atom. The summed E-state index contributed by atoms with van der Waals surface area (Å²) in [7, 11) is 0. The van der Waals surface area contributed by atoms with Crippen LogP contribution in [-0.4, -0.2) is 28.1 Å². The van der Waals surface area contributed by atoms with Crippen LogP contribution in [0.2, 0.25) is 5.02 Å². The zero-order valence-electron chi connectivity index (χ0n) is 18.4. The molecule has 36 heavy (non-hydrogen) atoms. The Bertz CT molecular complexity index is 1380. The van der Waals surface area contributed by atoms with Gasteiger partial charge in [0.25, 0.3) is 5.91 Å². The Labute approximate surface area is 213 Å². The molecule has 4 rings (SSSR count). The molecule has 1 unspecified atom stereocenters. The third-order valence-corrected chi connectivity index (χ3v) is 6.21. The van der Waals surface area contributed by atoms with Crippen LogP contribution in [0.5, 0.6) is 0 Å². The molecule has 1 heterocycles. The van der Waals surface area contributed by atoms with Crippen molar-refractivity contribution in [2.75, 3.05) is 5.32 Å². The molecule has 0 aliphatic carbocycles. The molecule has 0 radical (unpaired) electrons. The van der Waals surface area contributed by atoms with E-state index in [-0.39, 0.29) is 17.1 Å². The summed E-state index contributed by atoms with van der Waals surface area (Å²) in [5.41, 5.74) is 0.300. The Morgan fingerprint density at radius 2 is 1.69 bits per heavy atom. The fourth-order valence-corrected chi connectivity index (χ4v) is 4.27. The van der Waals surface area contributed by atoms with Crippen molar-refractivity contribution < 1.29 is 22.8 Å². The highest BCUT2D eigenvalue weighted by molar-refractivity contribution is 7.18.